The number of likely N-dealkylation sites (N-methyl/N-ethyl adjacent to an activating group) is 1. The SMILES string of the molecule is CCN1CCCC1CNC(=NCc1nnc(C)n1C)NC1CC2CCC1O2.I. The van der Waals surface area contributed by atoms with Crippen molar-refractivity contribution in [3.05, 3.63) is 11.6 Å². The molecule has 2 bridgehead atoms. The molecule has 8 nitrogen and oxygen atoms in total. The van der Waals surface area contributed by atoms with Crippen LogP contribution in [0.1, 0.15) is 50.7 Å². The van der Waals surface area contributed by atoms with E-state index in [2.05, 4.69) is 32.7 Å². The van der Waals surface area contributed by atoms with Crippen molar-refractivity contribution >= 4 is 29.9 Å². The number of nitrogens with zero attached hydrogens (tertiary/aromatic N) is 5. The first-order chi connectivity index (χ1) is 13.1. The van der Waals surface area contributed by atoms with Crippen LogP contribution in [0.3, 0.4) is 0 Å². The third-order valence-electron chi connectivity index (χ3n) is 6.40. The lowest BCUT2D eigenvalue weighted by atomic mass is 9.96. The van der Waals surface area contributed by atoms with Crippen molar-refractivity contribution in [1.29, 1.82) is 0 Å². The summed E-state index contributed by atoms with van der Waals surface area (Å²) < 4.78 is 8.00. The van der Waals surface area contributed by atoms with E-state index in [1.54, 1.807) is 0 Å². The third-order valence-corrected chi connectivity index (χ3v) is 6.40. The molecule has 1 aromatic heterocycles. The molecule has 158 valence electrons. The summed E-state index contributed by atoms with van der Waals surface area (Å²) in [5.74, 6) is 2.67. The van der Waals surface area contributed by atoms with Gasteiger partial charge in [0.05, 0.1) is 18.2 Å². The van der Waals surface area contributed by atoms with E-state index in [1.807, 2.05) is 18.5 Å². The van der Waals surface area contributed by atoms with Crippen LogP contribution in [0.15, 0.2) is 4.99 Å². The standard InChI is InChI=1S/C19H33N7O.HI/c1-4-26-9-5-6-14(26)11-20-19(21-12-18-24-23-13(2)25(18)3)22-16-10-15-7-8-17(16)27-15;/h14-17H,4-12H2,1-3H3,(H2,20,21,22);1H. The van der Waals surface area contributed by atoms with Crippen molar-refractivity contribution in [2.24, 2.45) is 12.0 Å². The van der Waals surface area contributed by atoms with Gasteiger partial charge in [0.25, 0.3) is 0 Å². The monoisotopic (exact) mass is 503 g/mol. The molecular weight excluding hydrogens is 469 g/mol. The van der Waals surface area contributed by atoms with Gasteiger partial charge in [-0.15, -0.1) is 34.2 Å². The van der Waals surface area contributed by atoms with E-state index in [-0.39, 0.29) is 24.0 Å². The Kier molecular flexibility index (Phi) is 7.54. The highest BCUT2D eigenvalue weighted by Crippen LogP contribution is 2.34. The maximum Gasteiger partial charge on any atom is 0.192 e. The number of fused-ring (bicyclic) bond motifs is 2. The van der Waals surface area contributed by atoms with Crippen LogP contribution in [-0.2, 0) is 18.3 Å². The number of ether oxygens (including phenoxy) is 1. The Hall–Kier alpha value is -0.940. The summed E-state index contributed by atoms with van der Waals surface area (Å²) in [7, 11) is 1.99. The molecule has 0 amide bonds. The van der Waals surface area contributed by atoms with Gasteiger partial charge in [0, 0.05) is 19.6 Å². The summed E-state index contributed by atoms with van der Waals surface area (Å²) in [4.78, 5) is 7.38. The van der Waals surface area contributed by atoms with Gasteiger partial charge in [-0.1, -0.05) is 6.92 Å². The van der Waals surface area contributed by atoms with Crippen LogP contribution >= 0.6 is 24.0 Å². The van der Waals surface area contributed by atoms with Crippen molar-refractivity contribution in [3.63, 3.8) is 0 Å². The molecule has 9 heteroatoms. The fourth-order valence-corrected chi connectivity index (χ4v) is 4.61. The number of hydrogen-bond acceptors (Lipinski definition) is 5. The molecular formula is C19H34IN7O. The number of nitrogens with one attached hydrogen (secondary N) is 2. The predicted octanol–water partition coefficient (Wildman–Crippen LogP) is 1.58. The number of halogens is 1. The number of rotatable bonds is 6. The van der Waals surface area contributed by atoms with Gasteiger partial charge in [0.2, 0.25) is 0 Å². The van der Waals surface area contributed by atoms with E-state index in [4.69, 9.17) is 9.73 Å². The quantitative estimate of drug-likeness (QED) is 0.349. The van der Waals surface area contributed by atoms with Crippen LogP contribution in [0.5, 0.6) is 0 Å². The predicted molar refractivity (Wildman–Crippen MR) is 120 cm³/mol. The highest BCUT2D eigenvalue weighted by atomic mass is 127. The van der Waals surface area contributed by atoms with Crippen LogP contribution < -0.4 is 10.6 Å². The van der Waals surface area contributed by atoms with Crippen LogP contribution in [0, 0.1) is 6.92 Å². The Bertz CT molecular complexity index is 679. The molecule has 0 aromatic carbocycles. The maximum absolute atomic E-state index is 6.00. The average Bonchev–Trinajstić information content (AvgIpc) is 3.44. The molecule has 4 heterocycles. The first-order valence-corrected chi connectivity index (χ1v) is 10.4. The smallest absolute Gasteiger partial charge is 0.192 e. The van der Waals surface area contributed by atoms with Gasteiger partial charge in [-0.05, 0) is 52.1 Å². The van der Waals surface area contributed by atoms with Gasteiger partial charge in [-0.25, -0.2) is 4.99 Å². The number of hydrogen-bond donors (Lipinski definition) is 2. The molecule has 0 radical (unpaired) electrons. The Morgan fingerprint density at radius 2 is 2.14 bits per heavy atom. The first-order valence-electron chi connectivity index (χ1n) is 10.4. The van der Waals surface area contributed by atoms with Crippen LogP contribution in [0.2, 0.25) is 0 Å². The summed E-state index contributed by atoms with van der Waals surface area (Å²) in [5.41, 5.74) is 0. The Morgan fingerprint density at radius 1 is 1.29 bits per heavy atom. The van der Waals surface area contributed by atoms with Crippen LogP contribution in [-0.4, -0.2) is 69.5 Å². The van der Waals surface area contributed by atoms with Gasteiger partial charge in [-0.3, -0.25) is 4.90 Å². The molecule has 4 unspecified atom stereocenters. The molecule has 3 saturated heterocycles. The molecule has 28 heavy (non-hydrogen) atoms. The highest BCUT2D eigenvalue weighted by Gasteiger charge is 2.41. The van der Waals surface area contributed by atoms with Crippen molar-refractivity contribution in [3.8, 4) is 0 Å². The Labute approximate surface area is 184 Å². The molecule has 3 fully saturated rings. The molecule has 3 aliphatic rings. The van der Waals surface area contributed by atoms with E-state index in [0.29, 0.717) is 30.8 Å². The maximum atomic E-state index is 6.00. The third kappa shape index (κ3) is 4.79. The lowest BCUT2D eigenvalue weighted by Gasteiger charge is -2.26. The molecule has 2 N–H and O–H groups in total. The van der Waals surface area contributed by atoms with Crippen LogP contribution in [0.25, 0.3) is 0 Å². The van der Waals surface area contributed by atoms with Crippen molar-refractivity contribution in [2.45, 2.75) is 76.8 Å². The zero-order valence-corrected chi connectivity index (χ0v) is 19.6. The molecule has 4 rings (SSSR count). The Morgan fingerprint density at radius 3 is 2.79 bits per heavy atom. The zero-order chi connectivity index (χ0) is 18.8. The number of likely N-dealkylation sites (tertiary alicyclic amines) is 1. The second-order valence-electron chi connectivity index (χ2n) is 8.05. The summed E-state index contributed by atoms with van der Waals surface area (Å²) in [6.45, 7) is 7.99. The highest BCUT2D eigenvalue weighted by molar-refractivity contribution is 14.0. The van der Waals surface area contributed by atoms with Crippen molar-refractivity contribution in [1.82, 2.24) is 30.3 Å². The van der Waals surface area contributed by atoms with Gasteiger partial charge in [0.15, 0.2) is 11.8 Å². The summed E-state index contributed by atoms with van der Waals surface area (Å²) in [6.07, 6.45) is 6.75. The lowest BCUT2D eigenvalue weighted by molar-refractivity contribution is 0.0992. The number of aromatic nitrogens is 3. The largest absolute Gasteiger partial charge is 0.373 e. The van der Waals surface area contributed by atoms with Gasteiger partial charge < -0.3 is 19.9 Å². The molecule has 0 saturated carbocycles. The number of guanidine groups is 1. The van der Waals surface area contributed by atoms with E-state index < -0.39 is 0 Å². The topological polar surface area (TPSA) is 79.6 Å². The fourth-order valence-electron chi connectivity index (χ4n) is 4.61. The van der Waals surface area contributed by atoms with Crippen LogP contribution in [0.4, 0.5) is 0 Å². The van der Waals surface area contributed by atoms with Crippen molar-refractivity contribution < 1.29 is 4.74 Å². The molecule has 4 atom stereocenters. The van der Waals surface area contributed by atoms with Gasteiger partial charge in [-0.2, -0.15) is 0 Å². The van der Waals surface area contributed by atoms with E-state index in [1.165, 1.54) is 25.8 Å². The molecule has 0 spiro atoms. The summed E-state index contributed by atoms with van der Waals surface area (Å²) >= 11 is 0. The van der Waals surface area contributed by atoms with Crippen molar-refractivity contribution in [2.75, 3.05) is 19.6 Å². The minimum Gasteiger partial charge on any atom is -0.373 e. The second kappa shape index (κ2) is 9.71. The second-order valence-corrected chi connectivity index (χ2v) is 8.05. The average molecular weight is 503 g/mol. The zero-order valence-electron chi connectivity index (χ0n) is 17.2. The van der Waals surface area contributed by atoms with E-state index in [0.717, 1.165) is 43.5 Å². The summed E-state index contributed by atoms with van der Waals surface area (Å²) in [6, 6.07) is 0.956. The molecule has 1 aromatic rings. The Balaban J connectivity index is 0.00000225. The van der Waals surface area contributed by atoms with Gasteiger partial charge in [0.1, 0.15) is 12.4 Å². The summed E-state index contributed by atoms with van der Waals surface area (Å²) in [5, 5.41) is 15.6. The minimum atomic E-state index is 0. The van der Waals surface area contributed by atoms with E-state index >= 15 is 0 Å². The number of aliphatic imine (C=N–C) groups is 1. The number of aryl methyl sites for hydroxylation is 1. The van der Waals surface area contributed by atoms with E-state index in [9.17, 15) is 0 Å². The molecule has 0 aliphatic carbocycles. The lowest BCUT2D eigenvalue weighted by Crippen LogP contribution is -2.50. The van der Waals surface area contributed by atoms with Gasteiger partial charge >= 0.3 is 0 Å². The first kappa shape index (κ1) is 21.8. The minimum absolute atomic E-state index is 0. The molecule has 3 aliphatic heterocycles. The normalized spacial score (nSPS) is 29.9. The fraction of sp³-hybridized carbons (Fsp3) is 0.842.